The Morgan fingerprint density at radius 3 is 2.21 bits per heavy atom. The van der Waals surface area contributed by atoms with Crippen LogP contribution in [0, 0.1) is 23.0 Å². The fourth-order valence-corrected chi connectivity index (χ4v) is 6.21. The normalized spacial score (nSPS) is 16.0. The Kier molecular flexibility index (Phi) is 13.0. The van der Waals surface area contributed by atoms with E-state index in [1.807, 2.05) is 12.1 Å². The minimum absolute atomic E-state index is 0. The number of nitro benzene ring substituents is 1. The molecular formula is C34H43Cl2N3O3. The number of hydrogen-bond donors (Lipinski definition) is 0. The number of carbonyl (C=O) groups is 1. The van der Waals surface area contributed by atoms with Crippen LogP contribution in [-0.2, 0) is 25.9 Å². The fourth-order valence-electron chi connectivity index (χ4n) is 6.21. The SMILES string of the molecule is Cc1ccc(CN2CCC(CCCC(=O)c3ccc4c(c3)CCN(Cc3cccc([N+](=O)[O-])c3)CC4)CC2)cc1.Cl.Cl. The average molecular weight is 613 g/mol. The number of rotatable bonds is 10. The van der Waals surface area contributed by atoms with E-state index in [1.54, 1.807) is 12.1 Å². The number of ketones is 1. The van der Waals surface area contributed by atoms with Crippen LogP contribution in [0.4, 0.5) is 5.69 Å². The number of nitrogens with zero attached hydrogens (tertiary/aromatic N) is 3. The van der Waals surface area contributed by atoms with Gasteiger partial charge in [-0.1, -0.05) is 54.1 Å². The van der Waals surface area contributed by atoms with Crippen LogP contribution >= 0.6 is 24.8 Å². The van der Waals surface area contributed by atoms with Crippen LogP contribution in [0.3, 0.4) is 0 Å². The maximum absolute atomic E-state index is 13.1. The summed E-state index contributed by atoms with van der Waals surface area (Å²) in [6.45, 7) is 7.96. The topological polar surface area (TPSA) is 66.7 Å². The minimum Gasteiger partial charge on any atom is -0.299 e. The van der Waals surface area contributed by atoms with E-state index in [-0.39, 0.29) is 41.2 Å². The molecule has 3 aromatic rings. The smallest absolute Gasteiger partial charge is 0.269 e. The van der Waals surface area contributed by atoms with Gasteiger partial charge in [0.25, 0.3) is 5.69 Å². The van der Waals surface area contributed by atoms with Crippen LogP contribution in [0.5, 0.6) is 0 Å². The number of benzene rings is 3. The molecule has 3 aromatic carbocycles. The lowest BCUT2D eigenvalue weighted by molar-refractivity contribution is -0.384. The summed E-state index contributed by atoms with van der Waals surface area (Å²) in [7, 11) is 0. The highest BCUT2D eigenvalue weighted by Crippen LogP contribution is 2.25. The van der Waals surface area contributed by atoms with E-state index in [0.29, 0.717) is 13.0 Å². The monoisotopic (exact) mass is 611 g/mol. The van der Waals surface area contributed by atoms with E-state index >= 15 is 0 Å². The number of piperidine rings is 1. The fraction of sp³-hybridized carbons (Fsp3) is 0.441. The van der Waals surface area contributed by atoms with Gasteiger partial charge in [-0.25, -0.2) is 0 Å². The summed E-state index contributed by atoms with van der Waals surface area (Å²) < 4.78 is 0. The van der Waals surface area contributed by atoms with Crippen LogP contribution in [-0.4, -0.2) is 46.7 Å². The van der Waals surface area contributed by atoms with E-state index in [0.717, 1.165) is 75.5 Å². The third kappa shape index (κ3) is 9.37. The van der Waals surface area contributed by atoms with Gasteiger partial charge in [0, 0.05) is 50.3 Å². The summed E-state index contributed by atoms with van der Waals surface area (Å²) in [5.41, 5.74) is 7.24. The summed E-state index contributed by atoms with van der Waals surface area (Å²) in [5, 5.41) is 11.1. The molecule has 0 atom stereocenters. The molecule has 0 N–H and O–H groups in total. The van der Waals surface area contributed by atoms with Gasteiger partial charge in [-0.3, -0.25) is 24.7 Å². The van der Waals surface area contributed by atoms with Crippen molar-refractivity contribution in [1.82, 2.24) is 9.80 Å². The second kappa shape index (κ2) is 16.2. The Morgan fingerprint density at radius 1 is 0.833 bits per heavy atom. The molecular weight excluding hydrogens is 569 g/mol. The summed E-state index contributed by atoms with van der Waals surface area (Å²) in [6, 6.07) is 22.1. The molecule has 0 amide bonds. The number of likely N-dealkylation sites (tertiary alicyclic amines) is 1. The number of nitro groups is 1. The van der Waals surface area contributed by atoms with E-state index < -0.39 is 0 Å². The molecule has 1 fully saturated rings. The second-order valence-electron chi connectivity index (χ2n) is 11.7. The number of hydrogen-bond acceptors (Lipinski definition) is 5. The van der Waals surface area contributed by atoms with Gasteiger partial charge in [0.1, 0.15) is 0 Å². The molecule has 6 nitrogen and oxygen atoms in total. The first-order valence-corrected chi connectivity index (χ1v) is 14.8. The molecule has 0 radical (unpaired) electrons. The summed E-state index contributed by atoms with van der Waals surface area (Å²) in [6.07, 6.45) is 7.02. The molecule has 42 heavy (non-hydrogen) atoms. The van der Waals surface area contributed by atoms with Crippen LogP contribution in [0.15, 0.2) is 66.7 Å². The van der Waals surface area contributed by atoms with Gasteiger partial charge in [0.15, 0.2) is 5.78 Å². The zero-order valence-corrected chi connectivity index (χ0v) is 26.1. The molecule has 2 aliphatic rings. The Balaban J connectivity index is 0.00000242. The molecule has 0 spiro atoms. The lowest BCUT2D eigenvalue weighted by atomic mass is 9.90. The Bertz CT molecular complexity index is 1320. The molecule has 0 aromatic heterocycles. The molecule has 0 unspecified atom stereocenters. The van der Waals surface area contributed by atoms with E-state index in [2.05, 4.69) is 53.1 Å². The first-order chi connectivity index (χ1) is 19.4. The lowest BCUT2D eigenvalue weighted by Crippen LogP contribution is -2.33. The third-order valence-corrected chi connectivity index (χ3v) is 8.70. The van der Waals surface area contributed by atoms with Crippen molar-refractivity contribution in [3.05, 3.63) is 110 Å². The van der Waals surface area contributed by atoms with Crippen LogP contribution in [0.25, 0.3) is 0 Å². The number of non-ortho nitro benzene ring substituents is 1. The summed E-state index contributed by atoms with van der Waals surface area (Å²) in [5.74, 6) is 0.989. The van der Waals surface area contributed by atoms with Gasteiger partial charge in [-0.15, -0.1) is 24.8 Å². The largest absolute Gasteiger partial charge is 0.299 e. The maximum atomic E-state index is 13.1. The van der Waals surface area contributed by atoms with Crippen molar-refractivity contribution in [3.8, 4) is 0 Å². The van der Waals surface area contributed by atoms with Crippen molar-refractivity contribution >= 4 is 36.3 Å². The Morgan fingerprint density at radius 2 is 1.50 bits per heavy atom. The van der Waals surface area contributed by atoms with E-state index in [1.165, 1.54) is 41.2 Å². The molecule has 2 heterocycles. The predicted molar refractivity (Wildman–Crippen MR) is 174 cm³/mol. The highest BCUT2D eigenvalue weighted by atomic mass is 35.5. The molecule has 2 aliphatic heterocycles. The van der Waals surface area contributed by atoms with Crippen LogP contribution < -0.4 is 0 Å². The second-order valence-corrected chi connectivity index (χ2v) is 11.7. The first kappa shape index (κ1) is 33.7. The van der Waals surface area contributed by atoms with Crippen molar-refractivity contribution in [3.63, 3.8) is 0 Å². The number of aryl methyl sites for hydroxylation is 1. The van der Waals surface area contributed by atoms with Gasteiger partial charge >= 0.3 is 0 Å². The molecule has 0 aliphatic carbocycles. The number of Topliss-reactive ketones (excluding diaryl/α,β-unsaturated/α-hetero) is 1. The van der Waals surface area contributed by atoms with Crippen molar-refractivity contribution < 1.29 is 9.72 Å². The predicted octanol–water partition coefficient (Wildman–Crippen LogP) is 7.61. The maximum Gasteiger partial charge on any atom is 0.269 e. The molecule has 0 saturated carbocycles. The first-order valence-electron chi connectivity index (χ1n) is 14.8. The van der Waals surface area contributed by atoms with Crippen molar-refractivity contribution in [2.24, 2.45) is 5.92 Å². The number of fused-ring (bicyclic) bond motifs is 1. The quantitative estimate of drug-likeness (QED) is 0.134. The molecule has 226 valence electrons. The highest BCUT2D eigenvalue weighted by molar-refractivity contribution is 5.96. The van der Waals surface area contributed by atoms with Crippen molar-refractivity contribution in [2.75, 3.05) is 26.2 Å². The van der Waals surface area contributed by atoms with Gasteiger partial charge in [-0.05, 0) is 92.8 Å². The number of halogens is 2. The molecule has 0 bridgehead atoms. The molecule has 5 rings (SSSR count). The third-order valence-electron chi connectivity index (χ3n) is 8.70. The van der Waals surface area contributed by atoms with Crippen molar-refractivity contribution in [2.45, 2.75) is 65.0 Å². The average Bonchev–Trinajstić information content (AvgIpc) is 3.17. The zero-order chi connectivity index (χ0) is 27.9. The standard InChI is InChI=1S/C34H41N3O3.2ClH/c1-26-8-10-28(11-9-26)24-35-18-14-27(15-19-35)4-3-7-34(38)32-13-12-30-16-20-36(21-17-31(30)23-32)25-29-5-2-6-33(22-29)37(39)40;;/h2,5-6,8-13,22-23,27H,3-4,7,14-21,24-25H2,1H3;2*1H. The van der Waals surface area contributed by atoms with E-state index in [4.69, 9.17) is 0 Å². The zero-order valence-electron chi connectivity index (χ0n) is 24.5. The summed E-state index contributed by atoms with van der Waals surface area (Å²) >= 11 is 0. The van der Waals surface area contributed by atoms with Crippen molar-refractivity contribution in [1.29, 1.82) is 0 Å². The van der Waals surface area contributed by atoms with E-state index in [9.17, 15) is 14.9 Å². The van der Waals surface area contributed by atoms with Crippen LogP contribution in [0.1, 0.15) is 70.3 Å². The van der Waals surface area contributed by atoms with Gasteiger partial charge < -0.3 is 0 Å². The molecule has 1 saturated heterocycles. The minimum atomic E-state index is -0.337. The Hall–Kier alpha value is -2.77. The molecule has 8 heteroatoms. The van der Waals surface area contributed by atoms with Gasteiger partial charge in [-0.2, -0.15) is 0 Å². The van der Waals surface area contributed by atoms with Gasteiger partial charge in [0.05, 0.1) is 4.92 Å². The van der Waals surface area contributed by atoms with Crippen LogP contribution in [0.2, 0.25) is 0 Å². The lowest BCUT2D eigenvalue weighted by Gasteiger charge is -2.32. The Labute approximate surface area is 262 Å². The number of carbonyl (C=O) groups excluding carboxylic acids is 1. The van der Waals surface area contributed by atoms with Gasteiger partial charge in [0.2, 0.25) is 0 Å². The summed E-state index contributed by atoms with van der Waals surface area (Å²) in [4.78, 5) is 28.8. The highest BCUT2D eigenvalue weighted by Gasteiger charge is 2.20.